The first-order valence-corrected chi connectivity index (χ1v) is 10.00. The Morgan fingerprint density at radius 3 is 2.37 bits per heavy atom. The van der Waals surface area contributed by atoms with E-state index >= 15 is 0 Å². The molecule has 0 bridgehead atoms. The number of carbonyl (C=O) groups is 1. The predicted octanol–water partition coefficient (Wildman–Crippen LogP) is 5.16. The molecule has 0 saturated carbocycles. The zero-order valence-electron chi connectivity index (χ0n) is 18.3. The lowest BCUT2D eigenvalue weighted by Gasteiger charge is -2.20. The first-order valence-electron chi connectivity index (χ1n) is 10.00. The Kier molecular flexibility index (Phi) is 5.92. The molecule has 1 aromatic carbocycles. The summed E-state index contributed by atoms with van der Waals surface area (Å²) in [7, 11) is 0. The first-order chi connectivity index (χ1) is 14.0. The average molecular weight is 415 g/mol. The Morgan fingerprint density at radius 2 is 1.80 bits per heavy atom. The molecule has 1 amide bonds. The molecular formula is C23H28F2N4O. The minimum absolute atomic E-state index is 0.0617. The van der Waals surface area contributed by atoms with E-state index in [0.29, 0.717) is 22.4 Å². The lowest BCUT2D eigenvalue weighted by Crippen LogP contribution is -2.30. The second-order valence-electron chi connectivity index (χ2n) is 8.76. The third-order valence-electron chi connectivity index (χ3n) is 5.22. The molecule has 0 aliphatic carbocycles. The van der Waals surface area contributed by atoms with Crippen LogP contribution < -0.4 is 5.32 Å². The number of hydrogen-bond acceptors (Lipinski definition) is 3. The Balaban J connectivity index is 1.79. The van der Waals surface area contributed by atoms with Gasteiger partial charge in [-0.1, -0.05) is 45.0 Å². The molecule has 2 aromatic heterocycles. The van der Waals surface area contributed by atoms with E-state index in [2.05, 4.69) is 48.3 Å². The maximum Gasteiger partial charge on any atom is 0.264 e. The van der Waals surface area contributed by atoms with Crippen molar-refractivity contribution in [2.24, 2.45) is 0 Å². The van der Waals surface area contributed by atoms with Crippen LogP contribution in [0.2, 0.25) is 0 Å². The maximum atomic E-state index is 13.4. The second kappa shape index (κ2) is 8.13. The van der Waals surface area contributed by atoms with Gasteiger partial charge in [-0.2, -0.15) is 5.10 Å². The number of alkyl halides is 2. The molecule has 30 heavy (non-hydrogen) atoms. The third kappa shape index (κ3) is 4.50. The van der Waals surface area contributed by atoms with E-state index in [1.807, 2.05) is 19.1 Å². The average Bonchev–Trinajstić information content (AvgIpc) is 2.95. The van der Waals surface area contributed by atoms with Crippen LogP contribution in [0.25, 0.3) is 11.0 Å². The number of aryl methyl sites for hydroxylation is 2. The molecule has 7 heteroatoms. The van der Waals surface area contributed by atoms with Crippen LogP contribution in [0.3, 0.4) is 0 Å². The highest BCUT2D eigenvalue weighted by atomic mass is 19.3. The Labute approximate surface area is 175 Å². The highest BCUT2D eigenvalue weighted by molar-refractivity contribution is 5.84. The number of amides is 1. The van der Waals surface area contributed by atoms with Gasteiger partial charge < -0.3 is 5.32 Å². The van der Waals surface area contributed by atoms with Crippen molar-refractivity contribution in [1.29, 1.82) is 0 Å². The zero-order valence-corrected chi connectivity index (χ0v) is 18.3. The number of nitrogens with one attached hydrogen (secondary N) is 1. The predicted molar refractivity (Wildman–Crippen MR) is 114 cm³/mol. The van der Waals surface area contributed by atoms with Crippen molar-refractivity contribution in [1.82, 2.24) is 20.1 Å². The van der Waals surface area contributed by atoms with E-state index < -0.39 is 6.43 Å². The topological polar surface area (TPSA) is 59.8 Å². The smallest absolute Gasteiger partial charge is 0.264 e. The van der Waals surface area contributed by atoms with Crippen molar-refractivity contribution in [2.45, 2.75) is 66.0 Å². The van der Waals surface area contributed by atoms with Crippen molar-refractivity contribution in [3.05, 3.63) is 58.4 Å². The number of halogens is 2. The molecule has 1 atom stereocenters. The largest absolute Gasteiger partial charge is 0.348 e. The molecule has 0 spiro atoms. The van der Waals surface area contributed by atoms with Gasteiger partial charge in [-0.3, -0.25) is 4.79 Å². The van der Waals surface area contributed by atoms with Crippen LogP contribution in [0.4, 0.5) is 8.78 Å². The van der Waals surface area contributed by atoms with Gasteiger partial charge in [0, 0.05) is 11.3 Å². The van der Waals surface area contributed by atoms with Crippen molar-refractivity contribution >= 4 is 16.9 Å². The van der Waals surface area contributed by atoms with Crippen molar-refractivity contribution < 1.29 is 13.6 Å². The molecule has 160 valence electrons. The molecule has 5 nitrogen and oxygen atoms in total. The van der Waals surface area contributed by atoms with Crippen molar-refractivity contribution in [2.75, 3.05) is 0 Å². The van der Waals surface area contributed by atoms with Crippen molar-refractivity contribution in [3.8, 4) is 0 Å². The molecule has 2 heterocycles. The van der Waals surface area contributed by atoms with E-state index in [4.69, 9.17) is 0 Å². The zero-order chi connectivity index (χ0) is 22.2. The summed E-state index contributed by atoms with van der Waals surface area (Å²) in [6, 6.07) is 9.34. The summed E-state index contributed by atoms with van der Waals surface area (Å²) < 4.78 is 28.3. The monoisotopic (exact) mass is 414 g/mol. The fraction of sp³-hybridized carbons (Fsp3) is 0.435. The summed E-state index contributed by atoms with van der Waals surface area (Å²) in [5, 5.41) is 7.56. The van der Waals surface area contributed by atoms with E-state index in [1.165, 1.54) is 16.3 Å². The van der Waals surface area contributed by atoms with Crippen LogP contribution in [0.1, 0.15) is 68.2 Å². The quantitative estimate of drug-likeness (QED) is 0.627. The summed E-state index contributed by atoms with van der Waals surface area (Å²) >= 11 is 0. The lowest BCUT2D eigenvalue weighted by molar-refractivity contribution is -0.122. The van der Waals surface area contributed by atoms with Gasteiger partial charge in [0.1, 0.15) is 6.54 Å². The number of hydrogen-bond donors (Lipinski definition) is 1. The number of benzene rings is 1. The maximum absolute atomic E-state index is 13.4. The third-order valence-corrected chi connectivity index (χ3v) is 5.22. The van der Waals surface area contributed by atoms with Crippen LogP contribution >= 0.6 is 0 Å². The molecule has 3 rings (SSSR count). The molecule has 1 N–H and O–H groups in total. The summed E-state index contributed by atoms with van der Waals surface area (Å²) in [6.07, 6.45) is -2.63. The first kappa shape index (κ1) is 21.9. The van der Waals surface area contributed by atoms with Crippen LogP contribution in [-0.4, -0.2) is 20.7 Å². The Hall–Kier alpha value is -2.83. The molecular weight excluding hydrogens is 386 g/mol. The van der Waals surface area contributed by atoms with E-state index in [9.17, 15) is 13.6 Å². The fourth-order valence-electron chi connectivity index (χ4n) is 3.58. The SMILES string of the molecule is Cc1cc(C(F)F)c2c(C)nn(CC(=O)NC(C)c3ccc(C(C)(C)C)cc3)c2n1. The molecule has 1 unspecified atom stereocenters. The Morgan fingerprint density at radius 1 is 1.17 bits per heavy atom. The molecule has 0 aliphatic rings. The fourth-order valence-corrected chi connectivity index (χ4v) is 3.58. The van der Waals surface area contributed by atoms with Crippen molar-refractivity contribution in [3.63, 3.8) is 0 Å². The second-order valence-corrected chi connectivity index (χ2v) is 8.76. The normalized spacial score (nSPS) is 13.1. The molecule has 0 aliphatic heterocycles. The number of carbonyl (C=O) groups excluding carboxylic acids is 1. The molecule has 0 fully saturated rings. The van der Waals surface area contributed by atoms with Gasteiger partial charge >= 0.3 is 0 Å². The molecule has 0 radical (unpaired) electrons. The summed E-state index contributed by atoms with van der Waals surface area (Å²) in [5.41, 5.74) is 3.38. The van der Waals surface area contributed by atoms with Crippen LogP contribution in [-0.2, 0) is 16.8 Å². The van der Waals surface area contributed by atoms with Gasteiger partial charge in [0.2, 0.25) is 5.91 Å². The van der Waals surface area contributed by atoms with Gasteiger partial charge in [0.15, 0.2) is 5.65 Å². The summed E-state index contributed by atoms with van der Waals surface area (Å²) in [4.78, 5) is 17.0. The van der Waals surface area contributed by atoms with E-state index in [-0.39, 0.29) is 29.5 Å². The minimum atomic E-state index is -2.63. The summed E-state index contributed by atoms with van der Waals surface area (Å²) in [5.74, 6) is -0.256. The van der Waals surface area contributed by atoms with Gasteiger partial charge in [-0.25, -0.2) is 18.4 Å². The van der Waals surface area contributed by atoms with E-state index in [0.717, 1.165) is 5.56 Å². The van der Waals surface area contributed by atoms with Gasteiger partial charge in [-0.05, 0) is 43.4 Å². The Bertz CT molecular complexity index is 1070. The van der Waals surface area contributed by atoms with Crippen LogP contribution in [0, 0.1) is 13.8 Å². The van der Waals surface area contributed by atoms with Crippen LogP contribution in [0.5, 0.6) is 0 Å². The number of pyridine rings is 1. The van der Waals surface area contributed by atoms with Crippen LogP contribution in [0.15, 0.2) is 30.3 Å². The summed E-state index contributed by atoms with van der Waals surface area (Å²) in [6.45, 7) is 11.6. The standard InChI is InChI=1S/C23H28F2N4O/c1-13-11-18(21(24)25)20-15(3)28-29(22(20)26-13)12-19(30)27-14(2)16-7-9-17(10-8-16)23(4,5)6/h7-11,14,21H,12H2,1-6H3,(H,27,30). The van der Waals surface area contributed by atoms with E-state index in [1.54, 1.807) is 13.8 Å². The number of fused-ring (bicyclic) bond motifs is 1. The van der Waals surface area contributed by atoms with Gasteiger partial charge in [-0.15, -0.1) is 0 Å². The molecule has 0 saturated heterocycles. The lowest BCUT2D eigenvalue weighted by atomic mass is 9.86. The molecule has 3 aromatic rings. The number of aromatic nitrogens is 3. The minimum Gasteiger partial charge on any atom is -0.348 e. The number of rotatable bonds is 5. The van der Waals surface area contributed by atoms with Gasteiger partial charge in [0.05, 0.1) is 17.1 Å². The number of nitrogens with zero attached hydrogens (tertiary/aromatic N) is 3. The highest BCUT2D eigenvalue weighted by Crippen LogP contribution is 2.30. The van der Waals surface area contributed by atoms with Gasteiger partial charge in [0.25, 0.3) is 6.43 Å². The highest BCUT2D eigenvalue weighted by Gasteiger charge is 2.21.